The standard InChI is InChI=1S/C31H39N3O7S/c1-7-27(31(36)32-8-2)33(20-23-11-15-25(39-4)16-12-23)30(35)21-34(24-13-9-22(3)10-14-24)42(37,38)26-17-18-28(40-5)29(19-26)41-6/h9-19,27H,7-8,20-21H2,1-6H3,(H,32,36)/t27-/m1/s1. The first-order valence-electron chi connectivity index (χ1n) is 13.6. The number of aryl methyl sites for hydroxylation is 1. The number of carbonyl (C=O) groups is 2. The summed E-state index contributed by atoms with van der Waals surface area (Å²) in [5.41, 5.74) is 1.99. The first kappa shape index (κ1) is 32.3. The molecule has 42 heavy (non-hydrogen) atoms. The zero-order chi connectivity index (χ0) is 30.9. The van der Waals surface area contributed by atoms with Crippen LogP contribution in [0.15, 0.2) is 71.6 Å². The molecule has 0 saturated carbocycles. The highest BCUT2D eigenvalue weighted by Crippen LogP contribution is 2.32. The summed E-state index contributed by atoms with van der Waals surface area (Å²) in [4.78, 5) is 28.5. The molecular weight excluding hydrogens is 558 g/mol. The molecule has 0 heterocycles. The Kier molecular flexibility index (Phi) is 11.2. The van der Waals surface area contributed by atoms with E-state index < -0.39 is 28.5 Å². The van der Waals surface area contributed by atoms with Crippen LogP contribution in [0.2, 0.25) is 0 Å². The summed E-state index contributed by atoms with van der Waals surface area (Å²) in [5, 5.41) is 2.80. The van der Waals surface area contributed by atoms with Crippen molar-refractivity contribution in [1.82, 2.24) is 10.2 Å². The molecule has 0 bridgehead atoms. The third-order valence-corrected chi connectivity index (χ3v) is 8.56. The second-order valence-corrected chi connectivity index (χ2v) is 11.4. The molecule has 3 rings (SSSR count). The average molecular weight is 598 g/mol. The predicted molar refractivity (Wildman–Crippen MR) is 162 cm³/mol. The van der Waals surface area contributed by atoms with Gasteiger partial charge in [-0.3, -0.25) is 13.9 Å². The number of nitrogens with zero attached hydrogens (tertiary/aromatic N) is 2. The van der Waals surface area contributed by atoms with E-state index >= 15 is 0 Å². The van der Waals surface area contributed by atoms with Gasteiger partial charge >= 0.3 is 0 Å². The molecule has 2 amide bonds. The van der Waals surface area contributed by atoms with Crippen molar-refractivity contribution in [2.75, 3.05) is 38.7 Å². The molecule has 1 N–H and O–H groups in total. The van der Waals surface area contributed by atoms with Gasteiger partial charge in [-0.15, -0.1) is 0 Å². The molecule has 0 aromatic heterocycles. The Morgan fingerprint density at radius 1 is 0.857 bits per heavy atom. The number of ether oxygens (including phenoxy) is 3. The van der Waals surface area contributed by atoms with E-state index in [2.05, 4.69) is 5.32 Å². The third kappa shape index (κ3) is 7.52. The van der Waals surface area contributed by atoms with Crippen molar-refractivity contribution in [2.24, 2.45) is 0 Å². The van der Waals surface area contributed by atoms with Crippen LogP contribution in [0.5, 0.6) is 17.2 Å². The minimum atomic E-state index is -4.26. The molecule has 3 aromatic rings. The summed E-state index contributed by atoms with van der Waals surface area (Å²) in [6, 6.07) is 17.4. The fourth-order valence-electron chi connectivity index (χ4n) is 4.48. The molecule has 226 valence electrons. The third-order valence-electron chi connectivity index (χ3n) is 6.79. The molecule has 0 aliphatic carbocycles. The van der Waals surface area contributed by atoms with E-state index in [1.807, 2.05) is 26.0 Å². The van der Waals surface area contributed by atoms with E-state index in [-0.39, 0.29) is 23.1 Å². The maximum Gasteiger partial charge on any atom is 0.264 e. The summed E-state index contributed by atoms with van der Waals surface area (Å²) in [5.74, 6) is 0.406. The van der Waals surface area contributed by atoms with Crippen molar-refractivity contribution < 1.29 is 32.2 Å². The van der Waals surface area contributed by atoms with Crippen molar-refractivity contribution >= 4 is 27.5 Å². The molecule has 0 spiro atoms. The van der Waals surface area contributed by atoms with Gasteiger partial charge in [-0.25, -0.2) is 8.42 Å². The van der Waals surface area contributed by atoms with Crippen LogP contribution in [0.4, 0.5) is 5.69 Å². The van der Waals surface area contributed by atoms with Gasteiger partial charge in [0.25, 0.3) is 10.0 Å². The number of sulfonamides is 1. The SMILES string of the molecule is CCNC(=O)[C@@H](CC)N(Cc1ccc(OC)cc1)C(=O)CN(c1ccc(C)cc1)S(=O)(=O)c1ccc(OC)c(OC)c1. The molecule has 0 aliphatic rings. The topological polar surface area (TPSA) is 114 Å². The summed E-state index contributed by atoms with van der Waals surface area (Å²) in [6.45, 7) is 5.45. The lowest BCUT2D eigenvalue weighted by Gasteiger charge is -2.33. The predicted octanol–water partition coefficient (Wildman–Crippen LogP) is 4.16. The number of amides is 2. The number of benzene rings is 3. The molecule has 0 unspecified atom stereocenters. The molecule has 11 heteroatoms. The van der Waals surface area contributed by atoms with Crippen molar-refractivity contribution in [3.8, 4) is 17.2 Å². The average Bonchev–Trinajstić information content (AvgIpc) is 3.00. The quantitative estimate of drug-likeness (QED) is 0.297. The van der Waals surface area contributed by atoms with Gasteiger partial charge in [0.2, 0.25) is 11.8 Å². The Bertz CT molecular complexity index is 1460. The lowest BCUT2D eigenvalue weighted by molar-refractivity contribution is -0.140. The van der Waals surface area contributed by atoms with E-state index in [1.165, 1.54) is 37.3 Å². The van der Waals surface area contributed by atoms with Crippen LogP contribution in [-0.4, -0.2) is 65.6 Å². The first-order chi connectivity index (χ1) is 20.1. The highest BCUT2D eigenvalue weighted by Gasteiger charge is 2.34. The summed E-state index contributed by atoms with van der Waals surface area (Å²) >= 11 is 0. The smallest absolute Gasteiger partial charge is 0.264 e. The number of likely N-dealkylation sites (N-methyl/N-ethyl adjacent to an activating group) is 1. The van der Waals surface area contributed by atoms with E-state index in [9.17, 15) is 18.0 Å². The lowest BCUT2D eigenvalue weighted by atomic mass is 10.1. The summed E-state index contributed by atoms with van der Waals surface area (Å²) in [7, 11) is 0.170. The fraction of sp³-hybridized carbons (Fsp3) is 0.355. The molecule has 0 fully saturated rings. The summed E-state index contributed by atoms with van der Waals surface area (Å²) < 4.78 is 45.1. The van der Waals surface area contributed by atoms with E-state index in [4.69, 9.17) is 14.2 Å². The van der Waals surface area contributed by atoms with Gasteiger partial charge in [0.1, 0.15) is 18.3 Å². The van der Waals surface area contributed by atoms with Crippen molar-refractivity contribution in [2.45, 2.75) is 44.7 Å². The Morgan fingerprint density at radius 2 is 1.50 bits per heavy atom. The lowest BCUT2D eigenvalue weighted by Crippen LogP contribution is -2.52. The van der Waals surface area contributed by atoms with Crippen LogP contribution < -0.4 is 23.8 Å². The van der Waals surface area contributed by atoms with E-state index in [0.717, 1.165) is 15.4 Å². The van der Waals surface area contributed by atoms with Crippen LogP contribution in [0, 0.1) is 6.92 Å². The molecular formula is C31H39N3O7S. The van der Waals surface area contributed by atoms with Crippen molar-refractivity contribution in [3.05, 3.63) is 77.9 Å². The maximum atomic E-state index is 14.1. The summed E-state index contributed by atoms with van der Waals surface area (Å²) in [6.07, 6.45) is 0.334. The molecule has 0 saturated heterocycles. The van der Waals surface area contributed by atoms with Gasteiger partial charge in [0, 0.05) is 19.2 Å². The normalized spacial score (nSPS) is 11.8. The maximum absolute atomic E-state index is 14.1. The molecule has 0 aliphatic heterocycles. The molecule has 0 radical (unpaired) electrons. The largest absolute Gasteiger partial charge is 0.497 e. The van der Waals surface area contributed by atoms with Crippen molar-refractivity contribution in [1.29, 1.82) is 0 Å². The number of nitrogens with one attached hydrogen (secondary N) is 1. The highest BCUT2D eigenvalue weighted by molar-refractivity contribution is 7.92. The minimum absolute atomic E-state index is 0.0778. The number of hydrogen-bond donors (Lipinski definition) is 1. The van der Waals surface area contributed by atoms with Gasteiger partial charge in [-0.1, -0.05) is 36.8 Å². The van der Waals surface area contributed by atoms with Gasteiger partial charge in [-0.2, -0.15) is 0 Å². The van der Waals surface area contributed by atoms with Crippen LogP contribution in [-0.2, 0) is 26.2 Å². The Hall–Kier alpha value is -4.25. The van der Waals surface area contributed by atoms with Gasteiger partial charge < -0.3 is 24.4 Å². The van der Waals surface area contributed by atoms with Gasteiger partial charge in [0.15, 0.2) is 11.5 Å². The first-order valence-corrected chi connectivity index (χ1v) is 15.0. The Balaban J connectivity index is 2.08. The Labute approximate surface area is 248 Å². The zero-order valence-electron chi connectivity index (χ0n) is 24.9. The second-order valence-electron chi connectivity index (χ2n) is 9.55. The number of hydrogen-bond acceptors (Lipinski definition) is 7. The monoisotopic (exact) mass is 597 g/mol. The number of rotatable bonds is 14. The van der Waals surface area contributed by atoms with Crippen LogP contribution in [0.25, 0.3) is 0 Å². The molecule has 10 nitrogen and oxygen atoms in total. The number of anilines is 1. The minimum Gasteiger partial charge on any atom is -0.497 e. The van der Waals surface area contributed by atoms with E-state index in [0.29, 0.717) is 30.2 Å². The molecule has 3 aromatic carbocycles. The second kappa shape index (κ2) is 14.6. The number of carbonyl (C=O) groups excluding carboxylic acids is 2. The fourth-order valence-corrected chi connectivity index (χ4v) is 5.91. The van der Waals surface area contributed by atoms with Crippen molar-refractivity contribution in [3.63, 3.8) is 0 Å². The van der Waals surface area contributed by atoms with Crippen LogP contribution in [0.1, 0.15) is 31.4 Å². The molecule has 1 atom stereocenters. The van der Waals surface area contributed by atoms with Crippen LogP contribution in [0.3, 0.4) is 0 Å². The van der Waals surface area contributed by atoms with Gasteiger partial charge in [-0.05, 0) is 62.2 Å². The zero-order valence-corrected chi connectivity index (χ0v) is 25.7. The Morgan fingerprint density at radius 3 is 2.05 bits per heavy atom. The highest BCUT2D eigenvalue weighted by atomic mass is 32.2. The number of methoxy groups -OCH3 is 3. The van der Waals surface area contributed by atoms with E-state index in [1.54, 1.807) is 50.4 Å². The van der Waals surface area contributed by atoms with Crippen LogP contribution >= 0.6 is 0 Å². The van der Waals surface area contributed by atoms with Gasteiger partial charge in [0.05, 0.1) is 31.9 Å².